The maximum Gasteiger partial charge on any atom is 0.416 e. The predicted molar refractivity (Wildman–Crippen MR) is 96.0 cm³/mol. The molecule has 0 aliphatic rings. The molecule has 26 heavy (non-hydrogen) atoms. The summed E-state index contributed by atoms with van der Waals surface area (Å²) in [6.45, 7) is 5.81. The number of alkyl halides is 3. The molecule has 3 nitrogen and oxygen atoms in total. The SMILES string of the molecule is Cc1nc(CC(C)C)c(CN)c(-c2ccc(C(F)(F)F)cc2)c1C(=O)Cl. The van der Waals surface area contributed by atoms with Gasteiger partial charge in [-0.05, 0) is 54.1 Å². The Morgan fingerprint density at radius 3 is 2.23 bits per heavy atom. The van der Waals surface area contributed by atoms with E-state index in [1.54, 1.807) is 6.92 Å². The summed E-state index contributed by atoms with van der Waals surface area (Å²) in [6.07, 6.45) is -3.80. The number of hydrogen-bond donors (Lipinski definition) is 1. The molecule has 1 aromatic carbocycles. The van der Waals surface area contributed by atoms with Crippen LogP contribution in [0.5, 0.6) is 0 Å². The van der Waals surface area contributed by atoms with Gasteiger partial charge in [0.15, 0.2) is 0 Å². The van der Waals surface area contributed by atoms with Crippen molar-refractivity contribution in [3.63, 3.8) is 0 Å². The highest BCUT2D eigenvalue weighted by atomic mass is 35.5. The zero-order valence-electron chi connectivity index (χ0n) is 14.7. The van der Waals surface area contributed by atoms with Gasteiger partial charge in [0.25, 0.3) is 5.24 Å². The fourth-order valence-corrected chi connectivity index (χ4v) is 3.19. The Bertz CT molecular complexity index is 815. The average molecular weight is 385 g/mol. The van der Waals surface area contributed by atoms with Gasteiger partial charge in [-0.25, -0.2) is 0 Å². The molecule has 0 radical (unpaired) electrons. The average Bonchev–Trinajstić information content (AvgIpc) is 2.52. The number of aryl methyl sites for hydroxylation is 1. The van der Waals surface area contributed by atoms with Crippen molar-refractivity contribution < 1.29 is 18.0 Å². The predicted octanol–water partition coefficient (Wildman–Crippen LogP) is 5.11. The number of carbonyl (C=O) groups is 1. The molecule has 1 aromatic heterocycles. The lowest BCUT2D eigenvalue weighted by Crippen LogP contribution is -2.14. The van der Waals surface area contributed by atoms with Crippen LogP contribution in [0.1, 0.15) is 46.7 Å². The van der Waals surface area contributed by atoms with E-state index in [0.29, 0.717) is 34.7 Å². The van der Waals surface area contributed by atoms with E-state index in [9.17, 15) is 18.0 Å². The molecule has 0 aliphatic heterocycles. The Kier molecular flexibility index (Phi) is 6.09. The third-order valence-corrected chi connectivity index (χ3v) is 4.26. The second-order valence-corrected chi connectivity index (χ2v) is 6.87. The van der Waals surface area contributed by atoms with Gasteiger partial charge in [0.05, 0.1) is 16.8 Å². The smallest absolute Gasteiger partial charge is 0.326 e. The quantitative estimate of drug-likeness (QED) is 0.728. The van der Waals surface area contributed by atoms with E-state index in [4.69, 9.17) is 17.3 Å². The summed E-state index contributed by atoms with van der Waals surface area (Å²) in [6, 6.07) is 4.63. The number of halogens is 4. The van der Waals surface area contributed by atoms with Crippen molar-refractivity contribution in [3.8, 4) is 11.1 Å². The molecule has 7 heteroatoms. The summed E-state index contributed by atoms with van der Waals surface area (Å²) in [7, 11) is 0. The number of rotatable bonds is 5. The zero-order chi connectivity index (χ0) is 19.6. The number of hydrogen-bond acceptors (Lipinski definition) is 3. The van der Waals surface area contributed by atoms with Gasteiger partial charge in [-0.1, -0.05) is 26.0 Å². The van der Waals surface area contributed by atoms with Crippen molar-refractivity contribution in [2.75, 3.05) is 0 Å². The molecule has 2 rings (SSSR count). The number of nitrogens with two attached hydrogens (primary N) is 1. The van der Waals surface area contributed by atoms with Crippen LogP contribution in [0, 0.1) is 12.8 Å². The fourth-order valence-electron chi connectivity index (χ4n) is 2.96. The van der Waals surface area contributed by atoms with Gasteiger partial charge in [0.1, 0.15) is 0 Å². The first-order chi connectivity index (χ1) is 12.1. The van der Waals surface area contributed by atoms with E-state index in [1.807, 2.05) is 13.8 Å². The molecule has 0 saturated heterocycles. The largest absolute Gasteiger partial charge is 0.416 e. The van der Waals surface area contributed by atoms with Gasteiger partial charge >= 0.3 is 6.18 Å². The third-order valence-electron chi connectivity index (χ3n) is 4.07. The summed E-state index contributed by atoms with van der Waals surface area (Å²) >= 11 is 5.75. The van der Waals surface area contributed by atoms with Gasteiger partial charge < -0.3 is 5.73 Å². The highest BCUT2D eigenvalue weighted by Crippen LogP contribution is 2.35. The molecule has 1 heterocycles. The normalized spacial score (nSPS) is 11.9. The standard InChI is InChI=1S/C19H20ClF3N2O/c1-10(2)8-15-14(9-24)17(16(18(20)26)11(3)25-15)12-4-6-13(7-5-12)19(21,22)23/h4-7,10H,8-9,24H2,1-3H3. The summed E-state index contributed by atoms with van der Waals surface area (Å²) in [5.74, 6) is 0.296. The number of carbonyl (C=O) groups excluding carboxylic acids is 1. The molecule has 0 atom stereocenters. The molecule has 140 valence electrons. The Balaban J connectivity index is 2.75. The maximum atomic E-state index is 12.8. The van der Waals surface area contributed by atoms with Crippen LogP contribution in [0.2, 0.25) is 0 Å². The van der Waals surface area contributed by atoms with Gasteiger partial charge in [-0.15, -0.1) is 0 Å². The van der Waals surface area contributed by atoms with E-state index >= 15 is 0 Å². The molecular weight excluding hydrogens is 365 g/mol. The van der Waals surface area contributed by atoms with Crippen molar-refractivity contribution in [3.05, 3.63) is 52.3 Å². The van der Waals surface area contributed by atoms with E-state index < -0.39 is 17.0 Å². The number of aromatic nitrogens is 1. The number of benzene rings is 1. The second-order valence-electron chi connectivity index (χ2n) is 6.52. The van der Waals surface area contributed by atoms with Crippen LogP contribution in [0.3, 0.4) is 0 Å². The van der Waals surface area contributed by atoms with Crippen molar-refractivity contribution in [2.24, 2.45) is 11.7 Å². The van der Waals surface area contributed by atoms with Crippen LogP contribution in [0.25, 0.3) is 11.1 Å². The van der Waals surface area contributed by atoms with E-state index in [1.165, 1.54) is 12.1 Å². The molecule has 2 N–H and O–H groups in total. The zero-order valence-corrected chi connectivity index (χ0v) is 15.5. The third kappa shape index (κ3) is 4.24. The van der Waals surface area contributed by atoms with Crippen LogP contribution in [-0.2, 0) is 19.1 Å². The molecular formula is C19H20ClF3N2O. The topological polar surface area (TPSA) is 56.0 Å². The lowest BCUT2D eigenvalue weighted by Gasteiger charge is -2.19. The molecule has 0 bridgehead atoms. The fraction of sp³-hybridized carbons (Fsp3) is 0.368. The number of nitrogens with zero attached hydrogens (tertiary/aromatic N) is 1. The summed E-state index contributed by atoms with van der Waals surface area (Å²) in [5, 5.41) is -0.712. The van der Waals surface area contributed by atoms with Crippen molar-refractivity contribution in [1.29, 1.82) is 0 Å². The lowest BCUT2D eigenvalue weighted by atomic mass is 9.90. The Labute approximate surface area is 155 Å². The highest BCUT2D eigenvalue weighted by molar-refractivity contribution is 6.68. The molecule has 0 saturated carbocycles. The van der Waals surface area contributed by atoms with Crippen LogP contribution in [0.15, 0.2) is 24.3 Å². The van der Waals surface area contributed by atoms with Crippen molar-refractivity contribution in [2.45, 2.75) is 39.9 Å². The van der Waals surface area contributed by atoms with E-state index in [-0.39, 0.29) is 12.1 Å². The first-order valence-electron chi connectivity index (χ1n) is 8.16. The molecule has 0 amide bonds. The Hall–Kier alpha value is -1.92. The van der Waals surface area contributed by atoms with Crippen LogP contribution >= 0.6 is 11.6 Å². The minimum absolute atomic E-state index is 0.100. The molecule has 0 aliphatic carbocycles. The summed E-state index contributed by atoms with van der Waals surface area (Å²) < 4.78 is 38.5. The van der Waals surface area contributed by atoms with Crippen LogP contribution in [-0.4, -0.2) is 10.2 Å². The van der Waals surface area contributed by atoms with E-state index in [0.717, 1.165) is 17.8 Å². The minimum atomic E-state index is -4.43. The first kappa shape index (κ1) is 20.4. The van der Waals surface area contributed by atoms with Gasteiger partial charge in [-0.2, -0.15) is 13.2 Å². The highest BCUT2D eigenvalue weighted by Gasteiger charge is 2.30. The Morgan fingerprint density at radius 2 is 1.81 bits per heavy atom. The Morgan fingerprint density at radius 1 is 1.23 bits per heavy atom. The second kappa shape index (κ2) is 7.76. The maximum absolute atomic E-state index is 12.8. The lowest BCUT2D eigenvalue weighted by molar-refractivity contribution is -0.137. The van der Waals surface area contributed by atoms with Gasteiger partial charge in [0.2, 0.25) is 0 Å². The molecule has 0 unspecified atom stereocenters. The number of pyridine rings is 1. The van der Waals surface area contributed by atoms with Crippen molar-refractivity contribution in [1.82, 2.24) is 4.98 Å². The minimum Gasteiger partial charge on any atom is -0.326 e. The summed E-state index contributed by atoms with van der Waals surface area (Å²) in [4.78, 5) is 16.5. The summed E-state index contributed by atoms with van der Waals surface area (Å²) in [5.41, 5.74) is 8.05. The van der Waals surface area contributed by atoms with Crippen molar-refractivity contribution >= 4 is 16.8 Å². The molecule has 0 fully saturated rings. The van der Waals surface area contributed by atoms with Gasteiger partial charge in [-0.3, -0.25) is 9.78 Å². The van der Waals surface area contributed by atoms with Crippen LogP contribution in [0.4, 0.5) is 13.2 Å². The van der Waals surface area contributed by atoms with Gasteiger partial charge in [0, 0.05) is 17.8 Å². The molecule has 2 aromatic rings. The monoisotopic (exact) mass is 384 g/mol. The molecule has 0 spiro atoms. The first-order valence-corrected chi connectivity index (χ1v) is 8.53. The van der Waals surface area contributed by atoms with E-state index in [2.05, 4.69) is 4.98 Å². The van der Waals surface area contributed by atoms with Crippen LogP contribution < -0.4 is 5.73 Å².